The second kappa shape index (κ2) is 7.82. The number of carbonyl (C=O) groups excluding carboxylic acids is 2. The predicted molar refractivity (Wildman–Crippen MR) is 98.0 cm³/mol. The summed E-state index contributed by atoms with van der Waals surface area (Å²) in [6, 6.07) is 8.10. The van der Waals surface area contributed by atoms with Crippen molar-refractivity contribution in [1.82, 2.24) is 4.90 Å². The molecule has 1 fully saturated rings. The molecule has 0 saturated carbocycles. The Morgan fingerprint density at radius 2 is 1.92 bits per heavy atom. The first-order chi connectivity index (χ1) is 11.3. The minimum absolute atomic E-state index is 0.0488. The summed E-state index contributed by atoms with van der Waals surface area (Å²) in [7, 11) is 0. The molecule has 0 aromatic heterocycles. The average molecular weight is 330 g/mol. The Hall–Kier alpha value is -1.84. The van der Waals surface area contributed by atoms with Crippen LogP contribution >= 0.6 is 0 Å². The van der Waals surface area contributed by atoms with Gasteiger partial charge in [-0.05, 0) is 42.7 Å². The zero-order valence-corrected chi connectivity index (χ0v) is 15.4. The third kappa shape index (κ3) is 4.59. The van der Waals surface area contributed by atoms with Gasteiger partial charge in [0.15, 0.2) is 0 Å². The van der Waals surface area contributed by atoms with Crippen LogP contribution in [0.3, 0.4) is 0 Å². The van der Waals surface area contributed by atoms with E-state index in [0.717, 1.165) is 37.1 Å². The van der Waals surface area contributed by atoms with Crippen LogP contribution in [0.1, 0.15) is 65.4 Å². The fourth-order valence-electron chi connectivity index (χ4n) is 3.43. The molecule has 1 heterocycles. The summed E-state index contributed by atoms with van der Waals surface area (Å²) in [6.45, 7) is 9.23. The molecule has 0 radical (unpaired) electrons. The molecule has 4 nitrogen and oxygen atoms in total. The van der Waals surface area contributed by atoms with E-state index in [4.69, 9.17) is 0 Å². The van der Waals surface area contributed by atoms with Crippen LogP contribution in [0.15, 0.2) is 24.3 Å². The van der Waals surface area contributed by atoms with Gasteiger partial charge >= 0.3 is 0 Å². The maximum absolute atomic E-state index is 12.5. The SMILES string of the molecule is CCC1CCCCN1C(=O)CC(=O)Nc1ccccc1C(C)(C)C. The van der Waals surface area contributed by atoms with Crippen molar-refractivity contribution in [3.63, 3.8) is 0 Å². The Balaban J connectivity index is 2.02. The van der Waals surface area contributed by atoms with E-state index in [9.17, 15) is 9.59 Å². The van der Waals surface area contributed by atoms with E-state index in [2.05, 4.69) is 33.0 Å². The topological polar surface area (TPSA) is 49.4 Å². The van der Waals surface area contributed by atoms with Gasteiger partial charge in [0.1, 0.15) is 6.42 Å². The van der Waals surface area contributed by atoms with Crippen LogP contribution in [-0.4, -0.2) is 29.3 Å². The second-order valence-electron chi connectivity index (χ2n) is 7.67. The highest BCUT2D eigenvalue weighted by Gasteiger charge is 2.27. The summed E-state index contributed by atoms with van der Waals surface area (Å²) < 4.78 is 0. The number of amides is 2. The van der Waals surface area contributed by atoms with E-state index >= 15 is 0 Å². The average Bonchev–Trinajstić information content (AvgIpc) is 2.54. The molecule has 1 aliphatic rings. The van der Waals surface area contributed by atoms with Gasteiger partial charge in [-0.2, -0.15) is 0 Å². The highest BCUT2D eigenvalue weighted by atomic mass is 16.2. The number of piperidine rings is 1. The van der Waals surface area contributed by atoms with Crippen molar-refractivity contribution in [2.45, 2.75) is 71.3 Å². The third-order valence-electron chi connectivity index (χ3n) is 4.74. The highest BCUT2D eigenvalue weighted by Crippen LogP contribution is 2.29. The lowest BCUT2D eigenvalue weighted by molar-refractivity contribution is -0.137. The van der Waals surface area contributed by atoms with Crippen LogP contribution in [-0.2, 0) is 15.0 Å². The second-order valence-corrected chi connectivity index (χ2v) is 7.67. The Labute approximate surface area is 145 Å². The molecular weight excluding hydrogens is 300 g/mol. The number of hydrogen-bond acceptors (Lipinski definition) is 2. The van der Waals surface area contributed by atoms with Crippen molar-refractivity contribution < 1.29 is 9.59 Å². The van der Waals surface area contributed by atoms with E-state index < -0.39 is 0 Å². The molecule has 2 amide bonds. The number of anilines is 1. The third-order valence-corrected chi connectivity index (χ3v) is 4.74. The molecule has 0 aliphatic carbocycles. The van der Waals surface area contributed by atoms with Crippen molar-refractivity contribution in [1.29, 1.82) is 0 Å². The first kappa shape index (κ1) is 18.5. The lowest BCUT2D eigenvalue weighted by atomic mass is 9.86. The van der Waals surface area contributed by atoms with Gasteiger partial charge in [-0.15, -0.1) is 0 Å². The fourth-order valence-corrected chi connectivity index (χ4v) is 3.43. The van der Waals surface area contributed by atoms with Gasteiger partial charge in [0, 0.05) is 18.3 Å². The molecule has 1 N–H and O–H groups in total. The number of hydrogen-bond donors (Lipinski definition) is 1. The minimum Gasteiger partial charge on any atom is -0.339 e. The Bertz CT molecular complexity index is 590. The summed E-state index contributed by atoms with van der Waals surface area (Å²) in [5.41, 5.74) is 1.82. The lowest BCUT2D eigenvalue weighted by Crippen LogP contribution is -2.44. The smallest absolute Gasteiger partial charge is 0.233 e. The summed E-state index contributed by atoms with van der Waals surface area (Å²) in [6.07, 6.45) is 4.15. The van der Waals surface area contributed by atoms with Gasteiger partial charge in [-0.3, -0.25) is 9.59 Å². The molecule has 0 bridgehead atoms. The molecule has 1 unspecified atom stereocenters. The van der Waals surface area contributed by atoms with Gasteiger partial charge in [-0.1, -0.05) is 45.9 Å². The zero-order valence-electron chi connectivity index (χ0n) is 15.4. The first-order valence-electron chi connectivity index (χ1n) is 9.01. The Morgan fingerprint density at radius 3 is 2.58 bits per heavy atom. The number of rotatable bonds is 4. The fraction of sp³-hybridized carbons (Fsp3) is 0.600. The van der Waals surface area contributed by atoms with Gasteiger partial charge < -0.3 is 10.2 Å². The zero-order chi connectivity index (χ0) is 17.7. The maximum Gasteiger partial charge on any atom is 0.233 e. The van der Waals surface area contributed by atoms with Gasteiger partial charge in [0.05, 0.1) is 0 Å². The molecule has 0 spiro atoms. The number of likely N-dealkylation sites (tertiary alicyclic amines) is 1. The van der Waals surface area contributed by atoms with Crippen molar-refractivity contribution in [2.75, 3.05) is 11.9 Å². The van der Waals surface area contributed by atoms with Crippen molar-refractivity contribution in [3.8, 4) is 0 Å². The van der Waals surface area contributed by atoms with Gasteiger partial charge in [0.25, 0.3) is 0 Å². The molecule has 1 aromatic rings. The van der Waals surface area contributed by atoms with Crippen LogP contribution in [0.5, 0.6) is 0 Å². The number of nitrogens with zero attached hydrogens (tertiary/aromatic N) is 1. The highest BCUT2D eigenvalue weighted by molar-refractivity contribution is 6.04. The van der Waals surface area contributed by atoms with Crippen LogP contribution in [0.2, 0.25) is 0 Å². The lowest BCUT2D eigenvalue weighted by Gasteiger charge is -2.35. The van der Waals surface area contributed by atoms with Crippen molar-refractivity contribution in [3.05, 3.63) is 29.8 Å². The predicted octanol–water partition coefficient (Wildman–Crippen LogP) is 4.10. The van der Waals surface area contributed by atoms with Crippen LogP contribution in [0.4, 0.5) is 5.69 Å². The van der Waals surface area contributed by atoms with E-state index in [0.29, 0.717) is 6.04 Å². The van der Waals surface area contributed by atoms with E-state index in [1.54, 1.807) is 0 Å². The largest absolute Gasteiger partial charge is 0.339 e. The number of para-hydroxylation sites is 1. The van der Waals surface area contributed by atoms with Crippen LogP contribution < -0.4 is 5.32 Å². The minimum atomic E-state index is -0.225. The monoisotopic (exact) mass is 330 g/mol. The molecule has 1 aromatic carbocycles. The van der Waals surface area contributed by atoms with Crippen LogP contribution in [0.25, 0.3) is 0 Å². The summed E-state index contributed by atoms with van der Waals surface area (Å²) in [5, 5.41) is 2.93. The molecule has 132 valence electrons. The van der Waals surface area contributed by atoms with E-state index in [-0.39, 0.29) is 23.7 Å². The van der Waals surface area contributed by atoms with Crippen molar-refractivity contribution >= 4 is 17.5 Å². The number of carbonyl (C=O) groups is 2. The standard InChI is InChI=1S/C20H30N2O2/c1-5-15-10-8-9-13-22(15)19(24)14-18(23)21-17-12-7-6-11-16(17)20(2,3)4/h6-7,11-12,15H,5,8-10,13-14H2,1-4H3,(H,21,23). The number of nitrogens with one attached hydrogen (secondary N) is 1. The van der Waals surface area contributed by atoms with Crippen molar-refractivity contribution in [2.24, 2.45) is 0 Å². The van der Waals surface area contributed by atoms with Gasteiger partial charge in [-0.25, -0.2) is 0 Å². The summed E-state index contributed by atoms with van der Waals surface area (Å²) in [4.78, 5) is 26.8. The van der Waals surface area contributed by atoms with E-state index in [1.165, 1.54) is 6.42 Å². The first-order valence-corrected chi connectivity index (χ1v) is 9.01. The molecule has 2 rings (SSSR count). The molecule has 1 aliphatic heterocycles. The Morgan fingerprint density at radius 1 is 1.21 bits per heavy atom. The molecular formula is C20H30N2O2. The van der Waals surface area contributed by atoms with Gasteiger partial charge in [0.2, 0.25) is 11.8 Å². The quantitative estimate of drug-likeness (QED) is 0.845. The summed E-state index contributed by atoms with van der Waals surface area (Å²) >= 11 is 0. The molecule has 1 atom stereocenters. The number of benzene rings is 1. The summed E-state index contributed by atoms with van der Waals surface area (Å²) in [5.74, 6) is -0.274. The van der Waals surface area contributed by atoms with Crippen LogP contribution in [0, 0.1) is 0 Å². The van der Waals surface area contributed by atoms with E-state index in [1.807, 2.05) is 29.2 Å². The molecule has 4 heteroatoms. The maximum atomic E-state index is 12.5. The molecule has 1 saturated heterocycles. The molecule has 24 heavy (non-hydrogen) atoms. The normalized spacial score (nSPS) is 18.3. The Kier molecular flexibility index (Phi) is 6.03.